The van der Waals surface area contributed by atoms with E-state index in [0.717, 1.165) is 16.7 Å². The summed E-state index contributed by atoms with van der Waals surface area (Å²) >= 11 is 0. The molecule has 18 heavy (non-hydrogen) atoms. The number of esters is 1. The van der Waals surface area contributed by atoms with Crippen molar-refractivity contribution in [3.05, 3.63) is 59.4 Å². The monoisotopic (exact) mass is 244 g/mol. The first-order chi connectivity index (χ1) is 8.61. The Morgan fingerprint density at radius 2 is 1.78 bits per heavy atom. The van der Waals surface area contributed by atoms with Crippen LogP contribution in [0, 0.1) is 12.7 Å². The summed E-state index contributed by atoms with van der Waals surface area (Å²) in [7, 11) is 1.35. The third-order valence-electron chi connectivity index (χ3n) is 2.74. The molecule has 0 aliphatic heterocycles. The molecule has 0 aliphatic carbocycles. The summed E-state index contributed by atoms with van der Waals surface area (Å²) in [6.45, 7) is 1.90. The zero-order valence-electron chi connectivity index (χ0n) is 10.2. The molecule has 2 aromatic carbocycles. The maximum absolute atomic E-state index is 12.9. The van der Waals surface area contributed by atoms with E-state index in [2.05, 4.69) is 0 Å². The normalized spacial score (nSPS) is 10.2. The number of benzene rings is 2. The average Bonchev–Trinajstić information content (AvgIpc) is 2.39. The van der Waals surface area contributed by atoms with Crippen LogP contribution in [-0.4, -0.2) is 13.1 Å². The number of carbonyl (C=O) groups is 1. The Hall–Kier alpha value is -2.16. The second kappa shape index (κ2) is 5.00. The minimum absolute atomic E-state index is 0.300. The third kappa shape index (κ3) is 2.40. The van der Waals surface area contributed by atoms with Crippen molar-refractivity contribution in [2.45, 2.75) is 6.92 Å². The van der Waals surface area contributed by atoms with Gasteiger partial charge in [-0.15, -0.1) is 0 Å². The molecule has 0 atom stereocenters. The Kier molecular flexibility index (Phi) is 3.42. The third-order valence-corrected chi connectivity index (χ3v) is 2.74. The molecule has 2 rings (SSSR count). The van der Waals surface area contributed by atoms with Crippen LogP contribution in [0.4, 0.5) is 4.39 Å². The van der Waals surface area contributed by atoms with Gasteiger partial charge in [-0.05, 0) is 36.2 Å². The lowest BCUT2D eigenvalue weighted by atomic mass is 9.98. The summed E-state index contributed by atoms with van der Waals surface area (Å²) in [6.07, 6.45) is 0. The Morgan fingerprint density at radius 1 is 1.11 bits per heavy atom. The molecular formula is C15H13FO2. The van der Waals surface area contributed by atoms with E-state index >= 15 is 0 Å². The van der Waals surface area contributed by atoms with E-state index in [1.54, 1.807) is 18.2 Å². The summed E-state index contributed by atoms with van der Waals surface area (Å²) in [6, 6.07) is 11.6. The van der Waals surface area contributed by atoms with E-state index in [1.807, 2.05) is 19.1 Å². The molecule has 0 bridgehead atoms. The van der Waals surface area contributed by atoms with Crippen LogP contribution in [0.15, 0.2) is 42.5 Å². The molecule has 0 spiro atoms. The van der Waals surface area contributed by atoms with Gasteiger partial charge in [-0.25, -0.2) is 9.18 Å². The fourth-order valence-corrected chi connectivity index (χ4v) is 1.82. The number of hydrogen-bond acceptors (Lipinski definition) is 2. The number of aryl methyl sites for hydroxylation is 1. The lowest BCUT2D eigenvalue weighted by Crippen LogP contribution is -2.04. The van der Waals surface area contributed by atoms with E-state index in [-0.39, 0.29) is 5.82 Å². The van der Waals surface area contributed by atoms with Gasteiger partial charge in [0.1, 0.15) is 5.82 Å². The first kappa shape index (κ1) is 12.3. The van der Waals surface area contributed by atoms with Crippen LogP contribution in [0.25, 0.3) is 11.1 Å². The molecule has 0 aliphatic rings. The van der Waals surface area contributed by atoms with Crippen LogP contribution >= 0.6 is 0 Å². The van der Waals surface area contributed by atoms with Crippen molar-refractivity contribution in [1.29, 1.82) is 0 Å². The summed E-state index contributed by atoms with van der Waals surface area (Å²) in [5.74, 6) is -0.691. The Balaban J connectivity index is 2.56. The van der Waals surface area contributed by atoms with Gasteiger partial charge < -0.3 is 4.74 Å². The van der Waals surface area contributed by atoms with Crippen LogP contribution in [0.1, 0.15) is 15.9 Å². The van der Waals surface area contributed by atoms with E-state index in [0.29, 0.717) is 5.56 Å². The highest BCUT2D eigenvalue weighted by molar-refractivity contribution is 5.97. The highest BCUT2D eigenvalue weighted by Gasteiger charge is 2.13. The lowest BCUT2D eigenvalue weighted by molar-refractivity contribution is 0.0601. The van der Waals surface area contributed by atoms with Gasteiger partial charge in [0.25, 0.3) is 0 Å². The van der Waals surface area contributed by atoms with E-state index in [1.165, 1.54) is 19.2 Å². The van der Waals surface area contributed by atoms with Crippen molar-refractivity contribution in [2.75, 3.05) is 7.11 Å². The molecular weight excluding hydrogens is 231 g/mol. The molecule has 0 unspecified atom stereocenters. The molecule has 0 N–H and O–H groups in total. The first-order valence-electron chi connectivity index (χ1n) is 5.56. The van der Waals surface area contributed by atoms with Crippen LogP contribution in [-0.2, 0) is 4.74 Å². The first-order valence-corrected chi connectivity index (χ1v) is 5.56. The van der Waals surface area contributed by atoms with Gasteiger partial charge in [0.2, 0.25) is 0 Å². The molecule has 92 valence electrons. The highest BCUT2D eigenvalue weighted by Crippen LogP contribution is 2.25. The van der Waals surface area contributed by atoms with E-state index in [9.17, 15) is 9.18 Å². The van der Waals surface area contributed by atoms with Gasteiger partial charge in [0, 0.05) is 0 Å². The van der Waals surface area contributed by atoms with E-state index in [4.69, 9.17) is 4.74 Å². The van der Waals surface area contributed by atoms with E-state index < -0.39 is 5.97 Å². The number of halogens is 1. The smallest absolute Gasteiger partial charge is 0.338 e. The molecule has 0 aromatic heterocycles. The number of hydrogen-bond donors (Lipinski definition) is 0. The second-order valence-electron chi connectivity index (χ2n) is 4.05. The zero-order chi connectivity index (χ0) is 13.1. The fourth-order valence-electron chi connectivity index (χ4n) is 1.82. The number of ether oxygens (including phenoxy) is 1. The lowest BCUT2D eigenvalue weighted by Gasteiger charge is -2.09. The second-order valence-corrected chi connectivity index (χ2v) is 4.05. The summed E-state index contributed by atoms with van der Waals surface area (Å²) in [5.41, 5.74) is 3.00. The van der Waals surface area contributed by atoms with Crippen LogP contribution in [0.5, 0.6) is 0 Å². The fraction of sp³-hybridized carbons (Fsp3) is 0.133. The van der Waals surface area contributed by atoms with Crippen molar-refractivity contribution in [1.82, 2.24) is 0 Å². The van der Waals surface area contributed by atoms with Crippen molar-refractivity contribution < 1.29 is 13.9 Å². The highest BCUT2D eigenvalue weighted by atomic mass is 19.1. The minimum atomic E-state index is -0.391. The molecule has 0 amide bonds. The SMILES string of the molecule is COC(=O)c1cc(C)ccc1-c1ccc(F)cc1. The molecule has 0 radical (unpaired) electrons. The van der Waals surface area contributed by atoms with Crippen LogP contribution < -0.4 is 0 Å². The standard InChI is InChI=1S/C15H13FO2/c1-10-3-8-13(14(9-10)15(17)18-2)11-4-6-12(16)7-5-11/h3-9H,1-2H3. The van der Waals surface area contributed by atoms with Crippen molar-refractivity contribution in [2.24, 2.45) is 0 Å². The molecule has 0 heterocycles. The Bertz CT molecular complexity index is 574. The molecule has 0 fully saturated rings. The quantitative estimate of drug-likeness (QED) is 0.755. The van der Waals surface area contributed by atoms with Crippen LogP contribution in [0.3, 0.4) is 0 Å². The molecule has 2 aromatic rings. The summed E-state index contributed by atoms with van der Waals surface area (Å²) in [4.78, 5) is 11.7. The van der Waals surface area contributed by atoms with Gasteiger partial charge in [0.15, 0.2) is 0 Å². The Morgan fingerprint density at radius 3 is 2.39 bits per heavy atom. The summed E-state index contributed by atoms with van der Waals surface area (Å²) in [5, 5.41) is 0. The summed E-state index contributed by atoms with van der Waals surface area (Å²) < 4.78 is 17.7. The average molecular weight is 244 g/mol. The Labute approximate surface area is 105 Å². The molecule has 0 saturated heterocycles. The van der Waals surface area contributed by atoms with Crippen LogP contribution in [0.2, 0.25) is 0 Å². The van der Waals surface area contributed by atoms with Gasteiger partial charge in [-0.2, -0.15) is 0 Å². The van der Waals surface area contributed by atoms with Gasteiger partial charge in [0.05, 0.1) is 12.7 Å². The number of rotatable bonds is 2. The van der Waals surface area contributed by atoms with Gasteiger partial charge >= 0.3 is 5.97 Å². The number of methoxy groups -OCH3 is 1. The zero-order valence-corrected chi connectivity index (χ0v) is 10.2. The molecule has 3 heteroatoms. The maximum atomic E-state index is 12.9. The minimum Gasteiger partial charge on any atom is -0.465 e. The van der Waals surface area contributed by atoms with Crippen molar-refractivity contribution in [3.63, 3.8) is 0 Å². The maximum Gasteiger partial charge on any atom is 0.338 e. The van der Waals surface area contributed by atoms with Crippen molar-refractivity contribution in [3.8, 4) is 11.1 Å². The predicted molar refractivity (Wildman–Crippen MR) is 67.9 cm³/mol. The largest absolute Gasteiger partial charge is 0.465 e. The number of carbonyl (C=O) groups excluding carboxylic acids is 1. The predicted octanol–water partition coefficient (Wildman–Crippen LogP) is 3.59. The van der Waals surface area contributed by atoms with Crippen molar-refractivity contribution >= 4 is 5.97 Å². The van der Waals surface area contributed by atoms with Gasteiger partial charge in [-0.3, -0.25) is 0 Å². The topological polar surface area (TPSA) is 26.3 Å². The molecule has 0 saturated carbocycles. The molecule has 2 nitrogen and oxygen atoms in total. The van der Waals surface area contributed by atoms with Gasteiger partial charge in [-0.1, -0.05) is 29.8 Å².